The van der Waals surface area contributed by atoms with Crippen molar-refractivity contribution < 1.29 is 14.6 Å². The number of carbonyl (C=O) groups is 1. The Morgan fingerprint density at radius 1 is 1.16 bits per heavy atom. The first kappa shape index (κ1) is 18.4. The second-order valence-corrected chi connectivity index (χ2v) is 5.48. The molecule has 0 aromatic heterocycles. The molecule has 19 heavy (non-hydrogen) atoms. The summed E-state index contributed by atoms with van der Waals surface area (Å²) in [7, 11) is 0. The number of hydrogen-bond donors (Lipinski definition) is 1. The molecule has 0 saturated heterocycles. The van der Waals surface area contributed by atoms with Gasteiger partial charge < -0.3 is 9.84 Å². The minimum atomic E-state index is -0.640. The standard InChI is InChI=1S/C15H31NO3/c1-6-13(7-2)16(10-12(4)5)11-14(17)9-15(18)19-8-3/h12-14,17H,6-11H2,1-5H3. The van der Waals surface area contributed by atoms with Gasteiger partial charge in [0.05, 0.1) is 19.1 Å². The first-order valence-corrected chi connectivity index (χ1v) is 7.52. The first-order valence-electron chi connectivity index (χ1n) is 7.52. The zero-order chi connectivity index (χ0) is 14.8. The van der Waals surface area contributed by atoms with Gasteiger partial charge in [-0.1, -0.05) is 27.7 Å². The van der Waals surface area contributed by atoms with Crippen LogP contribution in [-0.4, -0.2) is 47.8 Å². The fraction of sp³-hybridized carbons (Fsp3) is 0.933. The molecule has 1 unspecified atom stereocenters. The van der Waals surface area contributed by atoms with E-state index in [1.807, 2.05) is 0 Å². The Balaban J connectivity index is 4.40. The minimum absolute atomic E-state index is 0.0859. The molecule has 0 radical (unpaired) electrons. The molecule has 0 aromatic carbocycles. The molecule has 1 N–H and O–H groups in total. The van der Waals surface area contributed by atoms with Gasteiger partial charge in [-0.25, -0.2) is 0 Å². The molecule has 4 nitrogen and oxygen atoms in total. The van der Waals surface area contributed by atoms with Crippen molar-refractivity contribution >= 4 is 5.97 Å². The summed E-state index contributed by atoms with van der Waals surface area (Å²) < 4.78 is 4.87. The van der Waals surface area contributed by atoms with Crippen LogP contribution in [-0.2, 0) is 9.53 Å². The van der Waals surface area contributed by atoms with Gasteiger partial charge in [-0.2, -0.15) is 0 Å². The summed E-state index contributed by atoms with van der Waals surface area (Å²) in [4.78, 5) is 13.7. The molecular weight excluding hydrogens is 242 g/mol. The van der Waals surface area contributed by atoms with E-state index < -0.39 is 6.10 Å². The molecule has 0 aliphatic heterocycles. The molecule has 0 fully saturated rings. The summed E-state index contributed by atoms with van der Waals surface area (Å²) in [6, 6.07) is 0.472. The summed E-state index contributed by atoms with van der Waals surface area (Å²) in [6.45, 7) is 12.3. The molecular formula is C15H31NO3. The Morgan fingerprint density at radius 3 is 2.16 bits per heavy atom. The molecule has 0 rings (SSSR count). The molecule has 4 heteroatoms. The van der Waals surface area contributed by atoms with Crippen molar-refractivity contribution in [3.8, 4) is 0 Å². The van der Waals surface area contributed by atoms with Crippen molar-refractivity contribution in [1.82, 2.24) is 4.90 Å². The first-order chi connectivity index (χ1) is 8.94. The molecule has 114 valence electrons. The average Bonchev–Trinajstić information content (AvgIpc) is 2.29. The van der Waals surface area contributed by atoms with Crippen LogP contribution in [0.5, 0.6) is 0 Å². The van der Waals surface area contributed by atoms with Crippen molar-refractivity contribution in [2.45, 2.75) is 66.0 Å². The van der Waals surface area contributed by atoms with Crippen molar-refractivity contribution in [2.24, 2.45) is 5.92 Å². The summed E-state index contributed by atoms with van der Waals surface area (Å²) in [5, 5.41) is 10.0. The van der Waals surface area contributed by atoms with Crippen molar-refractivity contribution in [3.63, 3.8) is 0 Å². The van der Waals surface area contributed by atoms with E-state index in [2.05, 4.69) is 32.6 Å². The Bertz CT molecular complexity index is 240. The molecule has 0 aliphatic rings. The number of ether oxygens (including phenoxy) is 1. The van der Waals surface area contributed by atoms with Crippen LogP contribution < -0.4 is 0 Å². The monoisotopic (exact) mass is 273 g/mol. The Kier molecular flexibility index (Phi) is 9.88. The number of carbonyl (C=O) groups excluding carboxylic acids is 1. The SMILES string of the molecule is CCOC(=O)CC(O)CN(CC(C)C)C(CC)CC. The quantitative estimate of drug-likeness (QED) is 0.621. The highest BCUT2D eigenvalue weighted by Crippen LogP contribution is 2.13. The molecule has 1 atom stereocenters. The van der Waals surface area contributed by atoms with Crippen LogP contribution in [0, 0.1) is 5.92 Å². The topological polar surface area (TPSA) is 49.8 Å². The van der Waals surface area contributed by atoms with Gasteiger partial charge in [-0.3, -0.25) is 9.69 Å². The van der Waals surface area contributed by atoms with Crippen LogP contribution >= 0.6 is 0 Å². The van der Waals surface area contributed by atoms with Gasteiger partial charge in [0.15, 0.2) is 0 Å². The molecule has 0 saturated carbocycles. The molecule has 0 aromatic rings. The Morgan fingerprint density at radius 2 is 1.74 bits per heavy atom. The predicted octanol–water partition coefficient (Wildman–Crippen LogP) is 2.45. The fourth-order valence-electron chi connectivity index (χ4n) is 2.39. The van der Waals surface area contributed by atoms with Gasteiger partial charge in [0.2, 0.25) is 0 Å². The highest BCUT2D eigenvalue weighted by atomic mass is 16.5. The third-order valence-electron chi connectivity index (χ3n) is 3.21. The summed E-state index contributed by atoms with van der Waals surface area (Å²) in [5.74, 6) is 0.236. The smallest absolute Gasteiger partial charge is 0.308 e. The lowest BCUT2D eigenvalue weighted by Crippen LogP contribution is -2.42. The van der Waals surface area contributed by atoms with Crippen LogP contribution in [0.15, 0.2) is 0 Å². The van der Waals surface area contributed by atoms with Crippen molar-refractivity contribution in [2.75, 3.05) is 19.7 Å². The average molecular weight is 273 g/mol. The zero-order valence-electron chi connectivity index (χ0n) is 13.2. The third-order valence-corrected chi connectivity index (χ3v) is 3.21. The number of esters is 1. The van der Waals surface area contributed by atoms with Gasteiger partial charge in [-0.15, -0.1) is 0 Å². The molecule has 0 spiro atoms. The second-order valence-electron chi connectivity index (χ2n) is 5.48. The minimum Gasteiger partial charge on any atom is -0.466 e. The fourth-order valence-corrected chi connectivity index (χ4v) is 2.39. The van der Waals surface area contributed by atoms with Crippen LogP contribution in [0.4, 0.5) is 0 Å². The summed E-state index contributed by atoms with van der Waals surface area (Å²) >= 11 is 0. The summed E-state index contributed by atoms with van der Waals surface area (Å²) in [5.41, 5.74) is 0. The molecule has 0 bridgehead atoms. The predicted molar refractivity (Wildman–Crippen MR) is 78.0 cm³/mol. The maximum absolute atomic E-state index is 11.4. The Labute approximate surface area is 118 Å². The number of aliphatic hydroxyl groups excluding tert-OH is 1. The maximum Gasteiger partial charge on any atom is 0.308 e. The molecule has 0 aliphatic carbocycles. The van der Waals surface area contributed by atoms with E-state index in [-0.39, 0.29) is 12.4 Å². The van der Waals surface area contributed by atoms with Gasteiger partial charge in [0.25, 0.3) is 0 Å². The molecule has 0 amide bonds. The number of aliphatic hydroxyl groups is 1. The maximum atomic E-state index is 11.4. The van der Waals surface area contributed by atoms with E-state index in [0.717, 1.165) is 19.4 Å². The van der Waals surface area contributed by atoms with E-state index in [0.29, 0.717) is 25.1 Å². The van der Waals surface area contributed by atoms with E-state index in [9.17, 15) is 9.90 Å². The second kappa shape index (κ2) is 10.2. The van der Waals surface area contributed by atoms with Gasteiger partial charge in [0.1, 0.15) is 0 Å². The number of nitrogens with zero attached hydrogens (tertiary/aromatic N) is 1. The van der Waals surface area contributed by atoms with Crippen LogP contribution in [0.1, 0.15) is 53.9 Å². The van der Waals surface area contributed by atoms with Gasteiger partial charge in [0, 0.05) is 19.1 Å². The van der Waals surface area contributed by atoms with E-state index in [1.54, 1.807) is 6.92 Å². The van der Waals surface area contributed by atoms with E-state index >= 15 is 0 Å². The lowest BCUT2D eigenvalue weighted by molar-refractivity contribution is -0.145. The number of hydrogen-bond acceptors (Lipinski definition) is 4. The summed E-state index contributed by atoms with van der Waals surface area (Å²) in [6.07, 6.45) is 1.58. The third kappa shape index (κ3) is 8.22. The largest absolute Gasteiger partial charge is 0.466 e. The van der Waals surface area contributed by atoms with Crippen LogP contribution in [0.2, 0.25) is 0 Å². The normalized spacial score (nSPS) is 13.3. The van der Waals surface area contributed by atoms with E-state index in [1.165, 1.54) is 0 Å². The highest BCUT2D eigenvalue weighted by Gasteiger charge is 2.21. The lowest BCUT2D eigenvalue weighted by Gasteiger charge is -2.33. The lowest BCUT2D eigenvalue weighted by atomic mass is 10.1. The Hall–Kier alpha value is -0.610. The van der Waals surface area contributed by atoms with Gasteiger partial charge in [-0.05, 0) is 25.7 Å². The van der Waals surface area contributed by atoms with Crippen molar-refractivity contribution in [3.05, 3.63) is 0 Å². The van der Waals surface area contributed by atoms with Gasteiger partial charge >= 0.3 is 5.97 Å². The molecule has 0 heterocycles. The van der Waals surface area contributed by atoms with Crippen molar-refractivity contribution in [1.29, 1.82) is 0 Å². The number of rotatable bonds is 10. The van der Waals surface area contributed by atoms with E-state index in [4.69, 9.17) is 4.74 Å². The zero-order valence-corrected chi connectivity index (χ0v) is 13.2. The van der Waals surface area contributed by atoms with Crippen LogP contribution in [0.3, 0.4) is 0 Å². The van der Waals surface area contributed by atoms with Crippen LogP contribution in [0.25, 0.3) is 0 Å². The highest BCUT2D eigenvalue weighted by molar-refractivity contribution is 5.69.